The minimum absolute atomic E-state index is 0.401. The Bertz CT molecular complexity index is 324. The van der Waals surface area contributed by atoms with Crippen LogP contribution in [-0.4, -0.2) is 19.0 Å². The lowest BCUT2D eigenvalue weighted by molar-refractivity contribution is 0.143. The van der Waals surface area contributed by atoms with Crippen molar-refractivity contribution in [2.24, 2.45) is 0 Å². The highest BCUT2D eigenvalue weighted by molar-refractivity contribution is 7.99. The van der Waals surface area contributed by atoms with Gasteiger partial charge in [0.15, 0.2) is 0 Å². The van der Waals surface area contributed by atoms with Crippen molar-refractivity contribution in [1.82, 2.24) is 0 Å². The Balaban J connectivity index is 2.18. The van der Waals surface area contributed by atoms with Crippen LogP contribution < -0.4 is 0 Å². The first kappa shape index (κ1) is 10.6. The van der Waals surface area contributed by atoms with E-state index in [1.54, 1.807) is 0 Å². The van der Waals surface area contributed by atoms with E-state index >= 15 is 0 Å². The SMILES string of the molecule is Clc1ccc(C2COCCS2)cc1Cl. The Labute approximate surface area is 97.7 Å². The van der Waals surface area contributed by atoms with Crippen molar-refractivity contribution in [3.05, 3.63) is 33.8 Å². The zero-order valence-corrected chi connectivity index (χ0v) is 9.83. The second-order valence-corrected chi connectivity index (χ2v) is 5.23. The quantitative estimate of drug-likeness (QED) is 0.748. The van der Waals surface area contributed by atoms with Gasteiger partial charge in [-0.1, -0.05) is 29.3 Å². The molecule has 1 aliphatic rings. The minimum atomic E-state index is 0.401. The Morgan fingerprint density at radius 1 is 1.29 bits per heavy atom. The molecule has 1 heterocycles. The first-order valence-electron chi connectivity index (χ1n) is 4.41. The zero-order chi connectivity index (χ0) is 9.97. The first-order valence-corrected chi connectivity index (χ1v) is 6.22. The summed E-state index contributed by atoms with van der Waals surface area (Å²) in [6, 6.07) is 5.78. The number of halogens is 2. The highest BCUT2D eigenvalue weighted by Crippen LogP contribution is 2.34. The molecule has 0 radical (unpaired) electrons. The largest absolute Gasteiger partial charge is 0.379 e. The van der Waals surface area contributed by atoms with E-state index in [1.165, 1.54) is 5.56 Å². The fourth-order valence-corrected chi connectivity index (χ4v) is 2.73. The van der Waals surface area contributed by atoms with Gasteiger partial charge in [-0.15, -0.1) is 11.8 Å². The molecule has 1 aromatic carbocycles. The number of ether oxygens (including phenoxy) is 1. The molecule has 0 N–H and O–H groups in total. The lowest BCUT2D eigenvalue weighted by Gasteiger charge is -2.22. The van der Waals surface area contributed by atoms with E-state index in [0.29, 0.717) is 15.3 Å². The van der Waals surface area contributed by atoms with Crippen LogP contribution in [0.25, 0.3) is 0 Å². The summed E-state index contributed by atoms with van der Waals surface area (Å²) < 4.78 is 5.41. The van der Waals surface area contributed by atoms with Gasteiger partial charge in [0.1, 0.15) is 0 Å². The van der Waals surface area contributed by atoms with Gasteiger partial charge in [0.25, 0.3) is 0 Å². The molecule has 1 atom stereocenters. The third kappa shape index (κ3) is 2.37. The smallest absolute Gasteiger partial charge is 0.0626 e. The maximum atomic E-state index is 5.95. The van der Waals surface area contributed by atoms with Crippen LogP contribution >= 0.6 is 35.0 Å². The van der Waals surface area contributed by atoms with Crippen LogP contribution in [-0.2, 0) is 4.74 Å². The number of hydrogen-bond acceptors (Lipinski definition) is 2. The second-order valence-electron chi connectivity index (χ2n) is 3.11. The van der Waals surface area contributed by atoms with Crippen LogP contribution in [0.4, 0.5) is 0 Å². The average Bonchev–Trinajstić information content (AvgIpc) is 2.23. The minimum Gasteiger partial charge on any atom is -0.379 e. The molecule has 76 valence electrons. The molecule has 0 amide bonds. The number of thioether (sulfide) groups is 1. The number of rotatable bonds is 1. The van der Waals surface area contributed by atoms with Gasteiger partial charge >= 0.3 is 0 Å². The molecule has 1 fully saturated rings. The molecule has 0 aromatic heterocycles. The van der Waals surface area contributed by atoms with Crippen molar-refractivity contribution < 1.29 is 4.74 Å². The van der Waals surface area contributed by atoms with Crippen molar-refractivity contribution in [2.75, 3.05) is 19.0 Å². The van der Waals surface area contributed by atoms with E-state index in [4.69, 9.17) is 27.9 Å². The van der Waals surface area contributed by atoms with Gasteiger partial charge in [-0.2, -0.15) is 0 Å². The summed E-state index contributed by atoms with van der Waals surface area (Å²) in [6.07, 6.45) is 0. The van der Waals surface area contributed by atoms with Crippen molar-refractivity contribution >= 4 is 35.0 Å². The van der Waals surface area contributed by atoms with Crippen molar-refractivity contribution in [1.29, 1.82) is 0 Å². The first-order chi connectivity index (χ1) is 6.77. The Morgan fingerprint density at radius 2 is 2.14 bits per heavy atom. The molecule has 2 rings (SSSR count). The molecule has 0 bridgehead atoms. The van der Waals surface area contributed by atoms with Crippen molar-refractivity contribution in [3.8, 4) is 0 Å². The highest BCUT2D eigenvalue weighted by Gasteiger charge is 2.17. The maximum absolute atomic E-state index is 5.95. The Kier molecular flexibility index (Phi) is 3.61. The maximum Gasteiger partial charge on any atom is 0.0626 e. The lowest BCUT2D eigenvalue weighted by Crippen LogP contribution is -2.14. The van der Waals surface area contributed by atoms with E-state index in [9.17, 15) is 0 Å². The molecular weight excluding hydrogens is 239 g/mol. The molecular formula is C10H10Cl2OS. The van der Waals surface area contributed by atoms with E-state index < -0.39 is 0 Å². The molecule has 4 heteroatoms. The number of benzene rings is 1. The van der Waals surface area contributed by atoms with Crippen LogP contribution in [0.15, 0.2) is 18.2 Å². The van der Waals surface area contributed by atoms with E-state index in [1.807, 2.05) is 30.0 Å². The van der Waals surface area contributed by atoms with Crippen molar-refractivity contribution in [2.45, 2.75) is 5.25 Å². The van der Waals surface area contributed by atoms with Gasteiger partial charge in [0.2, 0.25) is 0 Å². The summed E-state index contributed by atoms with van der Waals surface area (Å²) >= 11 is 13.7. The molecule has 1 saturated heterocycles. The molecule has 0 saturated carbocycles. The van der Waals surface area contributed by atoms with Crippen LogP contribution in [0.1, 0.15) is 10.8 Å². The average molecular weight is 249 g/mol. The normalized spacial score (nSPS) is 22.3. The fourth-order valence-electron chi connectivity index (χ4n) is 1.39. The Hall–Kier alpha value is 0.110. The predicted molar refractivity (Wildman–Crippen MR) is 62.5 cm³/mol. The zero-order valence-electron chi connectivity index (χ0n) is 7.50. The molecule has 1 unspecified atom stereocenters. The van der Waals surface area contributed by atoms with Crippen LogP contribution in [0.3, 0.4) is 0 Å². The van der Waals surface area contributed by atoms with Crippen LogP contribution in [0, 0.1) is 0 Å². The summed E-state index contributed by atoms with van der Waals surface area (Å²) in [5.74, 6) is 1.05. The molecule has 14 heavy (non-hydrogen) atoms. The van der Waals surface area contributed by atoms with Gasteiger partial charge in [-0.3, -0.25) is 0 Å². The molecule has 1 aliphatic heterocycles. The molecule has 0 spiro atoms. The summed E-state index contributed by atoms with van der Waals surface area (Å²) in [5, 5.41) is 1.63. The summed E-state index contributed by atoms with van der Waals surface area (Å²) in [7, 11) is 0. The summed E-state index contributed by atoms with van der Waals surface area (Å²) in [4.78, 5) is 0. The predicted octanol–water partition coefficient (Wildman–Crippen LogP) is 3.80. The third-order valence-electron chi connectivity index (χ3n) is 2.13. The van der Waals surface area contributed by atoms with E-state index in [2.05, 4.69) is 0 Å². The monoisotopic (exact) mass is 248 g/mol. The van der Waals surface area contributed by atoms with Crippen LogP contribution in [0.5, 0.6) is 0 Å². The number of hydrogen-bond donors (Lipinski definition) is 0. The Morgan fingerprint density at radius 3 is 2.79 bits per heavy atom. The third-order valence-corrected chi connectivity index (χ3v) is 4.08. The topological polar surface area (TPSA) is 9.23 Å². The van der Waals surface area contributed by atoms with Gasteiger partial charge in [0.05, 0.1) is 28.5 Å². The highest BCUT2D eigenvalue weighted by atomic mass is 35.5. The lowest BCUT2D eigenvalue weighted by atomic mass is 10.1. The summed E-state index contributed by atoms with van der Waals surface area (Å²) in [6.45, 7) is 1.62. The van der Waals surface area contributed by atoms with Gasteiger partial charge in [-0.05, 0) is 17.7 Å². The standard InChI is InChI=1S/C10H10Cl2OS/c11-8-2-1-7(5-9(8)12)10-6-13-3-4-14-10/h1-2,5,10H,3-4,6H2. The van der Waals surface area contributed by atoms with Gasteiger partial charge in [-0.25, -0.2) is 0 Å². The van der Waals surface area contributed by atoms with E-state index in [0.717, 1.165) is 19.0 Å². The van der Waals surface area contributed by atoms with Gasteiger partial charge < -0.3 is 4.74 Å². The fraction of sp³-hybridized carbons (Fsp3) is 0.400. The molecule has 0 aliphatic carbocycles. The van der Waals surface area contributed by atoms with E-state index in [-0.39, 0.29) is 0 Å². The molecule has 1 aromatic rings. The summed E-state index contributed by atoms with van der Waals surface area (Å²) in [5.41, 5.74) is 1.20. The molecule has 1 nitrogen and oxygen atoms in total. The van der Waals surface area contributed by atoms with Crippen molar-refractivity contribution in [3.63, 3.8) is 0 Å². The van der Waals surface area contributed by atoms with Crippen LogP contribution in [0.2, 0.25) is 10.0 Å². The second kappa shape index (κ2) is 4.75. The van der Waals surface area contributed by atoms with Gasteiger partial charge in [0, 0.05) is 5.75 Å².